The van der Waals surface area contributed by atoms with Crippen LogP contribution in [0.4, 0.5) is 37.7 Å². The lowest BCUT2D eigenvalue weighted by atomic mass is 10.2. The zero-order valence-corrected chi connectivity index (χ0v) is 13.2. The number of hydrogen-bond acceptors (Lipinski definition) is 6. The molecule has 0 aliphatic carbocycles. The molecule has 0 heterocycles. The van der Waals surface area contributed by atoms with E-state index in [-0.39, 0.29) is 12.1 Å². The topological polar surface area (TPSA) is 105 Å². The van der Waals surface area contributed by atoms with E-state index in [4.69, 9.17) is 0 Å². The fraction of sp³-hybridized carbons (Fsp3) is 0.400. The Morgan fingerprint density at radius 1 is 0.846 bits per heavy atom. The molecule has 0 radical (unpaired) electrons. The highest BCUT2D eigenvalue weighted by molar-refractivity contribution is 6.20. The number of nitrogens with zero attached hydrogens (tertiary/aromatic N) is 2. The molecule has 0 amide bonds. The van der Waals surface area contributed by atoms with Gasteiger partial charge in [0.15, 0.2) is 11.5 Å². The Balaban J connectivity index is 3.59. The maximum Gasteiger partial charge on any atom is 0.444 e. The summed E-state index contributed by atoms with van der Waals surface area (Å²) in [4.78, 5) is 18.6. The fourth-order valence-electron chi connectivity index (χ4n) is 1.37. The van der Waals surface area contributed by atoms with E-state index in [1.165, 1.54) is 0 Å². The number of hydrogen-bond donors (Lipinski definition) is 0. The second kappa shape index (κ2) is 7.57. The lowest BCUT2D eigenvalue weighted by Crippen LogP contribution is -2.35. The van der Waals surface area contributed by atoms with Gasteiger partial charge in [0, 0.05) is 0 Å². The molecular formula is C10H4Cl2F6N2O6. The lowest BCUT2D eigenvalue weighted by molar-refractivity contribution is -0.422. The third kappa shape index (κ3) is 4.91. The van der Waals surface area contributed by atoms with E-state index in [2.05, 4.69) is 32.7 Å². The summed E-state index contributed by atoms with van der Waals surface area (Å²) in [6, 6.07) is -0.254. The minimum absolute atomic E-state index is 0.127. The van der Waals surface area contributed by atoms with Gasteiger partial charge in [0.25, 0.3) is 11.3 Å². The van der Waals surface area contributed by atoms with E-state index in [9.17, 15) is 46.6 Å². The van der Waals surface area contributed by atoms with Crippen molar-refractivity contribution >= 4 is 34.6 Å². The predicted molar refractivity (Wildman–Crippen MR) is 72.4 cm³/mol. The summed E-state index contributed by atoms with van der Waals surface area (Å²) in [6.45, 7) is 0. The highest BCUT2D eigenvalue weighted by Crippen LogP contribution is 2.44. The normalized spacial score (nSPS) is 14.5. The molecule has 16 heteroatoms. The van der Waals surface area contributed by atoms with Crippen molar-refractivity contribution < 1.29 is 45.7 Å². The first kappa shape index (κ1) is 21.8. The van der Waals surface area contributed by atoms with Crippen LogP contribution in [0.25, 0.3) is 0 Å². The average molecular weight is 433 g/mol. The highest BCUT2D eigenvalue weighted by atomic mass is 35.5. The zero-order valence-electron chi connectivity index (χ0n) is 11.7. The minimum Gasteiger partial charge on any atom is -0.425 e. The summed E-state index contributed by atoms with van der Waals surface area (Å²) in [7, 11) is 0. The molecule has 1 aromatic carbocycles. The van der Waals surface area contributed by atoms with Crippen LogP contribution in [0.3, 0.4) is 0 Å². The van der Waals surface area contributed by atoms with Crippen molar-refractivity contribution in [1.29, 1.82) is 0 Å². The quantitative estimate of drug-likeness (QED) is 0.259. The Morgan fingerprint density at radius 2 is 1.12 bits per heavy atom. The molecule has 2 atom stereocenters. The third-order valence-electron chi connectivity index (χ3n) is 2.43. The Kier molecular flexibility index (Phi) is 6.35. The van der Waals surface area contributed by atoms with Gasteiger partial charge in [0.05, 0.1) is 22.0 Å². The summed E-state index contributed by atoms with van der Waals surface area (Å²) in [6.07, 6.45) is -9.84. The van der Waals surface area contributed by atoms with Crippen molar-refractivity contribution in [2.75, 3.05) is 0 Å². The maximum atomic E-state index is 13.2. The summed E-state index contributed by atoms with van der Waals surface area (Å²) >= 11 is 8.97. The molecule has 0 aliphatic rings. The van der Waals surface area contributed by atoms with Crippen LogP contribution in [0.15, 0.2) is 12.1 Å². The second-order valence-corrected chi connectivity index (χ2v) is 5.00. The second-order valence-electron chi connectivity index (χ2n) is 4.23. The SMILES string of the molecule is O=[N+]([O-])c1cc(OC(F)(F)C(F)Cl)c(OC(F)(F)C(F)Cl)cc1[N+](=O)[O-]. The molecule has 0 aromatic heterocycles. The molecule has 146 valence electrons. The number of nitro benzene ring substituents is 2. The number of nitro groups is 2. The molecule has 0 N–H and O–H groups in total. The summed E-state index contributed by atoms with van der Waals surface area (Å²) in [5, 5.41) is 21.5. The Labute approximate surface area is 148 Å². The van der Waals surface area contributed by atoms with Gasteiger partial charge in [-0.2, -0.15) is 17.6 Å². The Bertz CT molecular complexity index is 660. The Hall–Kier alpha value is -2.22. The van der Waals surface area contributed by atoms with Gasteiger partial charge in [0.2, 0.25) is 0 Å². The van der Waals surface area contributed by atoms with Gasteiger partial charge in [0.1, 0.15) is 0 Å². The highest BCUT2D eigenvalue weighted by Gasteiger charge is 2.47. The van der Waals surface area contributed by atoms with E-state index >= 15 is 0 Å². The van der Waals surface area contributed by atoms with E-state index in [0.717, 1.165) is 0 Å². The van der Waals surface area contributed by atoms with Crippen LogP contribution in [0.1, 0.15) is 0 Å². The van der Waals surface area contributed by atoms with E-state index < -0.39 is 56.2 Å². The fourth-order valence-corrected chi connectivity index (χ4v) is 1.46. The van der Waals surface area contributed by atoms with Crippen molar-refractivity contribution in [2.45, 2.75) is 23.5 Å². The molecule has 26 heavy (non-hydrogen) atoms. The van der Waals surface area contributed by atoms with Crippen molar-refractivity contribution in [3.63, 3.8) is 0 Å². The van der Waals surface area contributed by atoms with E-state index in [1.807, 2.05) is 0 Å². The van der Waals surface area contributed by atoms with Gasteiger partial charge in [-0.25, -0.2) is 8.78 Å². The Morgan fingerprint density at radius 3 is 1.31 bits per heavy atom. The molecule has 0 saturated carbocycles. The monoisotopic (exact) mass is 432 g/mol. The van der Waals surface area contributed by atoms with Crippen LogP contribution in [0.2, 0.25) is 0 Å². The van der Waals surface area contributed by atoms with Gasteiger partial charge in [-0.3, -0.25) is 20.2 Å². The van der Waals surface area contributed by atoms with Gasteiger partial charge < -0.3 is 9.47 Å². The number of rotatable bonds is 8. The van der Waals surface area contributed by atoms with Gasteiger partial charge in [-0.15, -0.1) is 0 Å². The number of ether oxygens (including phenoxy) is 2. The zero-order chi connectivity index (χ0) is 20.4. The molecule has 0 fully saturated rings. The number of benzene rings is 1. The average Bonchev–Trinajstić information content (AvgIpc) is 2.47. The maximum absolute atomic E-state index is 13.2. The summed E-state index contributed by atoms with van der Waals surface area (Å²) in [5.74, 6) is -3.32. The van der Waals surface area contributed by atoms with Crippen molar-refractivity contribution in [3.05, 3.63) is 32.4 Å². The molecule has 0 spiro atoms. The van der Waals surface area contributed by atoms with Crippen molar-refractivity contribution in [1.82, 2.24) is 0 Å². The molecule has 0 saturated heterocycles. The van der Waals surface area contributed by atoms with Crippen LogP contribution in [0, 0.1) is 20.2 Å². The molecule has 0 aliphatic heterocycles. The number of alkyl halides is 8. The van der Waals surface area contributed by atoms with E-state index in [0.29, 0.717) is 0 Å². The van der Waals surface area contributed by atoms with E-state index in [1.54, 1.807) is 0 Å². The molecule has 2 unspecified atom stereocenters. The third-order valence-corrected chi connectivity index (χ3v) is 2.94. The molecule has 0 bridgehead atoms. The summed E-state index contributed by atoms with van der Waals surface area (Å²) in [5.41, 5.74) is -10.1. The smallest absolute Gasteiger partial charge is 0.425 e. The van der Waals surface area contributed by atoms with Crippen LogP contribution in [-0.2, 0) is 0 Å². The van der Waals surface area contributed by atoms with Crippen LogP contribution in [-0.4, -0.2) is 33.3 Å². The van der Waals surface area contributed by atoms with Crippen LogP contribution in [0.5, 0.6) is 11.5 Å². The first-order chi connectivity index (χ1) is 11.7. The van der Waals surface area contributed by atoms with Crippen molar-refractivity contribution in [2.24, 2.45) is 0 Å². The van der Waals surface area contributed by atoms with Crippen LogP contribution >= 0.6 is 23.2 Å². The number of halogens is 8. The first-order valence-electron chi connectivity index (χ1n) is 5.85. The van der Waals surface area contributed by atoms with Crippen molar-refractivity contribution in [3.8, 4) is 11.5 Å². The molecule has 8 nitrogen and oxygen atoms in total. The summed E-state index contributed by atoms with van der Waals surface area (Å²) < 4.78 is 85.4. The van der Waals surface area contributed by atoms with Crippen LogP contribution < -0.4 is 9.47 Å². The lowest BCUT2D eigenvalue weighted by Gasteiger charge is -2.22. The van der Waals surface area contributed by atoms with Gasteiger partial charge >= 0.3 is 23.6 Å². The van der Waals surface area contributed by atoms with Gasteiger partial charge in [-0.05, 0) is 0 Å². The van der Waals surface area contributed by atoms with Gasteiger partial charge in [-0.1, -0.05) is 23.2 Å². The first-order valence-corrected chi connectivity index (χ1v) is 6.73. The largest absolute Gasteiger partial charge is 0.444 e. The molecule has 1 rings (SSSR count). The molecule has 1 aromatic rings. The minimum atomic E-state index is -4.92. The standard InChI is InChI=1S/C10H4Cl2F6N2O6/c11-7(13)9(15,16)25-5-1-3(19(21)22)4(20(23)24)2-6(5)26-10(17,18)8(12)14/h1-2,7-8H. The predicted octanol–water partition coefficient (Wildman–Crippen LogP) is 4.52. The molecular weight excluding hydrogens is 429 g/mol.